The van der Waals surface area contributed by atoms with Crippen molar-refractivity contribution in [3.8, 4) is 11.9 Å². The minimum Gasteiger partial charge on any atom is -0.481 e. The Bertz CT molecular complexity index is 1120. The maximum atomic E-state index is 13.5. The predicted molar refractivity (Wildman–Crippen MR) is 111 cm³/mol. The summed E-state index contributed by atoms with van der Waals surface area (Å²) < 4.78 is 10.4. The maximum absolute atomic E-state index is 13.5. The second-order valence-electron chi connectivity index (χ2n) is 6.38. The van der Waals surface area contributed by atoms with E-state index >= 15 is 0 Å². The molecule has 4 rings (SSSR count). The second kappa shape index (κ2) is 8.02. The fourth-order valence-corrected chi connectivity index (χ4v) is 3.20. The molecule has 2 aromatic carbocycles. The number of methoxy groups -OCH3 is 2. The number of ketones is 1. The first kappa shape index (κ1) is 18.5. The molecule has 7 nitrogen and oxygen atoms in total. The minimum absolute atomic E-state index is 0.0785. The quantitative estimate of drug-likeness (QED) is 0.465. The molecule has 146 valence electrons. The molecule has 1 atom stereocenters. The number of ether oxygens (including phenoxy) is 2. The number of H-pyrrole nitrogens is 1. The molecule has 0 fully saturated rings. The van der Waals surface area contributed by atoms with Crippen molar-refractivity contribution in [2.75, 3.05) is 19.5 Å². The van der Waals surface area contributed by atoms with E-state index in [4.69, 9.17) is 9.47 Å². The second-order valence-corrected chi connectivity index (χ2v) is 6.38. The zero-order chi connectivity index (χ0) is 20.2. The molecule has 2 aromatic heterocycles. The third-order valence-electron chi connectivity index (χ3n) is 4.62. The average molecular weight is 388 g/mol. The number of carbonyl (C=O) groups is 1. The lowest BCUT2D eigenvalue weighted by molar-refractivity contribution is 0.0971. The molecule has 2 heterocycles. The Morgan fingerprint density at radius 3 is 2.52 bits per heavy atom. The van der Waals surface area contributed by atoms with Gasteiger partial charge in [-0.3, -0.25) is 4.79 Å². The number of hydrogen-bond donors (Lipinski definition) is 2. The number of rotatable bonds is 7. The largest absolute Gasteiger partial charge is 0.481 e. The zero-order valence-corrected chi connectivity index (χ0v) is 16.0. The first-order valence-electron chi connectivity index (χ1n) is 9.08. The molecule has 7 heteroatoms. The number of benzene rings is 2. The lowest BCUT2D eigenvalue weighted by Gasteiger charge is -2.19. The highest BCUT2D eigenvalue weighted by molar-refractivity contribution is 6.11. The van der Waals surface area contributed by atoms with Gasteiger partial charge < -0.3 is 19.8 Å². The van der Waals surface area contributed by atoms with E-state index in [0.29, 0.717) is 17.3 Å². The number of Topliss-reactive ketones (excluding diaryl/α,β-unsaturated/α-hetero) is 1. The Hall–Kier alpha value is -3.87. The lowest BCUT2D eigenvalue weighted by Crippen LogP contribution is -2.22. The van der Waals surface area contributed by atoms with Crippen LogP contribution in [0.15, 0.2) is 66.9 Å². The van der Waals surface area contributed by atoms with Crippen molar-refractivity contribution < 1.29 is 14.3 Å². The molecule has 1 unspecified atom stereocenters. The van der Waals surface area contributed by atoms with E-state index in [-0.39, 0.29) is 11.8 Å². The van der Waals surface area contributed by atoms with Crippen LogP contribution in [-0.4, -0.2) is 35.0 Å². The van der Waals surface area contributed by atoms with Crippen molar-refractivity contribution in [1.29, 1.82) is 0 Å². The van der Waals surface area contributed by atoms with Crippen LogP contribution in [0.4, 0.5) is 5.82 Å². The fraction of sp³-hybridized carbons (Fsp3) is 0.136. The van der Waals surface area contributed by atoms with Crippen LogP contribution in [-0.2, 0) is 0 Å². The Kier molecular flexibility index (Phi) is 5.11. The average Bonchev–Trinajstić information content (AvgIpc) is 3.21. The molecule has 0 aliphatic heterocycles. The Morgan fingerprint density at radius 1 is 1.00 bits per heavy atom. The molecule has 0 saturated carbocycles. The molecular formula is C22H20N4O3. The van der Waals surface area contributed by atoms with Crippen LogP contribution in [0.5, 0.6) is 11.9 Å². The molecule has 0 amide bonds. The van der Waals surface area contributed by atoms with Gasteiger partial charge in [0, 0.05) is 28.7 Å². The standard InChI is InChI=1S/C22H20N4O3/c1-28-19-12-18(25-22(26-19)29-2)24-20(14-8-4-3-5-9-14)21(27)16-13-23-17-11-7-6-10-15(16)17/h3-13,20,23H,1-2H3,(H,24,25,26). The molecule has 0 spiro atoms. The zero-order valence-electron chi connectivity index (χ0n) is 16.0. The van der Waals surface area contributed by atoms with Crippen molar-refractivity contribution in [2.45, 2.75) is 6.04 Å². The van der Waals surface area contributed by atoms with Crippen LogP contribution in [0.2, 0.25) is 0 Å². The van der Waals surface area contributed by atoms with E-state index in [1.165, 1.54) is 14.2 Å². The monoisotopic (exact) mass is 388 g/mol. The first-order valence-corrected chi connectivity index (χ1v) is 9.08. The molecule has 4 aromatic rings. The van der Waals surface area contributed by atoms with E-state index in [1.54, 1.807) is 12.3 Å². The summed E-state index contributed by atoms with van der Waals surface area (Å²) in [5.74, 6) is 0.687. The maximum Gasteiger partial charge on any atom is 0.321 e. The Balaban J connectivity index is 1.76. The highest BCUT2D eigenvalue weighted by atomic mass is 16.5. The van der Waals surface area contributed by atoms with Gasteiger partial charge in [-0.2, -0.15) is 9.97 Å². The number of para-hydroxylation sites is 1. The van der Waals surface area contributed by atoms with E-state index in [0.717, 1.165) is 16.5 Å². The third-order valence-corrected chi connectivity index (χ3v) is 4.62. The van der Waals surface area contributed by atoms with Gasteiger partial charge in [0.1, 0.15) is 11.9 Å². The molecule has 2 N–H and O–H groups in total. The van der Waals surface area contributed by atoms with Crippen LogP contribution >= 0.6 is 0 Å². The molecule has 0 aliphatic carbocycles. The predicted octanol–water partition coefficient (Wildman–Crippen LogP) is 4.01. The number of nitrogens with one attached hydrogen (secondary N) is 2. The van der Waals surface area contributed by atoms with E-state index in [9.17, 15) is 4.79 Å². The van der Waals surface area contributed by atoms with Gasteiger partial charge in [-0.1, -0.05) is 48.5 Å². The van der Waals surface area contributed by atoms with Gasteiger partial charge in [0.2, 0.25) is 5.88 Å². The summed E-state index contributed by atoms with van der Waals surface area (Å²) in [5.41, 5.74) is 2.34. The Labute approximate surface area is 167 Å². The summed E-state index contributed by atoms with van der Waals surface area (Å²) in [6.07, 6.45) is 1.74. The van der Waals surface area contributed by atoms with Gasteiger partial charge >= 0.3 is 6.01 Å². The van der Waals surface area contributed by atoms with Crippen molar-refractivity contribution in [3.63, 3.8) is 0 Å². The summed E-state index contributed by atoms with van der Waals surface area (Å²) in [4.78, 5) is 25.1. The summed E-state index contributed by atoms with van der Waals surface area (Å²) in [7, 11) is 2.99. The molecule has 0 aliphatic rings. The van der Waals surface area contributed by atoms with Gasteiger partial charge in [0.15, 0.2) is 5.78 Å². The van der Waals surface area contributed by atoms with Crippen LogP contribution < -0.4 is 14.8 Å². The summed E-state index contributed by atoms with van der Waals surface area (Å²) >= 11 is 0. The number of aromatic amines is 1. The van der Waals surface area contributed by atoms with Crippen molar-refractivity contribution in [3.05, 3.63) is 78.0 Å². The number of aromatic nitrogens is 3. The topological polar surface area (TPSA) is 89.1 Å². The van der Waals surface area contributed by atoms with Gasteiger partial charge in [-0.05, 0) is 11.6 Å². The molecular weight excluding hydrogens is 368 g/mol. The third kappa shape index (κ3) is 3.75. The normalized spacial score (nSPS) is 11.8. The van der Waals surface area contributed by atoms with E-state index in [1.807, 2.05) is 54.6 Å². The molecule has 0 radical (unpaired) electrons. The highest BCUT2D eigenvalue weighted by Crippen LogP contribution is 2.28. The molecule has 0 saturated heterocycles. The summed E-state index contributed by atoms with van der Waals surface area (Å²) in [6.45, 7) is 0. The van der Waals surface area contributed by atoms with Crippen LogP contribution in [0.1, 0.15) is 22.0 Å². The lowest BCUT2D eigenvalue weighted by atomic mass is 9.97. The van der Waals surface area contributed by atoms with Crippen LogP contribution in [0.25, 0.3) is 10.9 Å². The SMILES string of the molecule is COc1cc(NC(C(=O)c2c[nH]c3ccccc23)c2ccccc2)nc(OC)n1. The van der Waals surface area contributed by atoms with Gasteiger partial charge in [-0.15, -0.1) is 0 Å². The number of fused-ring (bicyclic) bond motifs is 1. The van der Waals surface area contributed by atoms with Crippen molar-refractivity contribution >= 4 is 22.5 Å². The number of anilines is 1. The Morgan fingerprint density at radius 2 is 1.76 bits per heavy atom. The van der Waals surface area contributed by atoms with Crippen LogP contribution in [0.3, 0.4) is 0 Å². The summed E-state index contributed by atoms with van der Waals surface area (Å²) in [5, 5.41) is 4.10. The van der Waals surface area contributed by atoms with Gasteiger partial charge in [0.05, 0.1) is 14.2 Å². The van der Waals surface area contributed by atoms with Crippen LogP contribution in [0, 0.1) is 0 Å². The number of hydrogen-bond acceptors (Lipinski definition) is 6. The van der Waals surface area contributed by atoms with Crippen molar-refractivity contribution in [2.24, 2.45) is 0 Å². The van der Waals surface area contributed by atoms with Gasteiger partial charge in [0.25, 0.3) is 0 Å². The minimum atomic E-state index is -0.653. The van der Waals surface area contributed by atoms with E-state index < -0.39 is 6.04 Å². The van der Waals surface area contributed by atoms with Gasteiger partial charge in [-0.25, -0.2) is 0 Å². The number of nitrogens with zero attached hydrogens (tertiary/aromatic N) is 2. The van der Waals surface area contributed by atoms with E-state index in [2.05, 4.69) is 20.3 Å². The number of carbonyl (C=O) groups excluding carboxylic acids is 1. The highest BCUT2D eigenvalue weighted by Gasteiger charge is 2.25. The first-order chi connectivity index (χ1) is 14.2. The fourth-order valence-electron chi connectivity index (χ4n) is 3.20. The smallest absolute Gasteiger partial charge is 0.321 e. The molecule has 29 heavy (non-hydrogen) atoms. The van der Waals surface area contributed by atoms with Crippen molar-refractivity contribution in [1.82, 2.24) is 15.0 Å². The molecule has 0 bridgehead atoms. The summed E-state index contributed by atoms with van der Waals surface area (Å²) in [6, 6.07) is 18.3.